The molecule has 2 aromatic carbocycles. The number of ether oxygens (including phenoxy) is 2. The lowest BCUT2D eigenvalue weighted by molar-refractivity contribution is -0.385. The standard InChI is InChI=1S/C17H19N3O7S/c1-19(28(3,24)25)13-6-4-5-12(9-13)18-17(21)11-27-14-7-8-15(20(22)23)16(10-14)26-2/h4-10H,11H2,1-3H3,(H,18,21). The molecule has 0 radical (unpaired) electrons. The van der Waals surface area contributed by atoms with Gasteiger partial charge in [0, 0.05) is 24.9 Å². The van der Waals surface area contributed by atoms with Crippen molar-refractivity contribution in [3.05, 3.63) is 52.6 Å². The number of hydrogen-bond donors (Lipinski definition) is 1. The Morgan fingerprint density at radius 1 is 1.25 bits per heavy atom. The van der Waals surface area contributed by atoms with Gasteiger partial charge in [0.15, 0.2) is 6.61 Å². The third-order valence-corrected chi connectivity index (χ3v) is 4.91. The van der Waals surface area contributed by atoms with Gasteiger partial charge in [-0.25, -0.2) is 8.42 Å². The number of methoxy groups -OCH3 is 1. The van der Waals surface area contributed by atoms with Crippen LogP contribution in [0.3, 0.4) is 0 Å². The molecule has 2 aromatic rings. The van der Waals surface area contributed by atoms with Crippen LogP contribution in [0, 0.1) is 10.1 Å². The summed E-state index contributed by atoms with van der Waals surface area (Å²) in [5.41, 5.74) is 0.565. The van der Waals surface area contributed by atoms with Crippen LogP contribution in [0.1, 0.15) is 0 Å². The van der Waals surface area contributed by atoms with E-state index in [2.05, 4.69) is 5.32 Å². The molecular weight excluding hydrogens is 390 g/mol. The number of benzene rings is 2. The fraction of sp³-hybridized carbons (Fsp3) is 0.235. The first-order valence-corrected chi connectivity index (χ1v) is 9.75. The van der Waals surface area contributed by atoms with Crippen molar-refractivity contribution in [2.24, 2.45) is 0 Å². The van der Waals surface area contributed by atoms with Crippen LogP contribution in [0.2, 0.25) is 0 Å². The maximum absolute atomic E-state index is 12.1. The maximum atomic E-state index is 12.1. The Kier molecular flexibility index (Phi) is 6.41. The summed E-state index contributed by atoms with van der Waals surface area (Å²) in [6.07, 6.45) is 1.07. The van der Waals surface area contributed by atoms with Gasteiger partial charge < -0.3 is 14.8 Å². The molecule has 0 aliphatic rings. The molecule has 1 N–H and O–H groups in total. The van der Waals surface area contributed by atoms with Gasteiger partial charge in [-0.2, -0.15) is 0 Å². The third kappa shape index (κ3) is 5.33. The average Bonchev–Trinajstić information content (AvgIpc) is 2.64. The van der Waals surface area contributed by atoms with Crippen LogP contribution < -0.4 is 19.1 Å². The lowest BCUT2D eigenvalue weighted by Gasteiger charge is -2.17. The van der Waals surface area contributed by atoms with Crippen molar-refractivity contribution in [2.75, 3.05) is 36.6 Å². The minimum atomic E-state index is -3.43. The molecule has 10 nitrogen and oxygen atoms in total. The number of carbonyl (C=O) groups is 1. The minimum absolute atomic E-state index is 0.0134. The number of anilines is 2. The van der Waals surface area contributed by atoms with E-state index in [1.54, 1.807) is 18.2 Å². The Morgan fingerprint density at radius 3 is 2.57 bits per heavy atom. The van der Waals surface area contributed by atoms with Gasteiger partial charge in [-0.05, 0) is 24.3 Å². The first-order chi connectivity index (χ1) is 13.1. The zero-order valence-corrected chi connectivity index (χ0v) is 16.2. The van der Waals surface area contributed by atoms with E-state index < -0.39 is 20.9 Å². The molecule has 0 spiro atoms. The molecule has 150 valence electrons. The van der Waals surface area contributed by atoms with Crippen molar-refractivity contribution in [1.82, 2.24) is 0 Å². The average molecular weight is 409 g/mol. The van der Waals surface area contributed by atoms with Crippen molar-refractivity contribution < 1.29 is 27.6 Å². The number of rotatable bonds is 8. The highest BCUT2D eigenvalue weighted by Crippen LogP contribution is 2.30. The quantitative estimate of drug-likeness (QED) is 0.522. The lowest BCUT2D eigenvalue weighted by atomic mass is 10.2. The Hall–Kier alpha value is -3.34. The molecule has 0 fully saturated rings. The van der Waals surface area contributed by atoms with Gasteiger partial charge in [0.05, 0.1) is 24.0 Å². The fourth-order valence-electron chi connectivity index (χ4n) is 2.22. The number of nitro benzene ring substituents is 1. The molecule has 0 bridgehead atoms. The molecule has 0 aliphatic heterocycles. The van der Waals surface area contributed by atoms with E-state index in [1.165, 1.54) is 38.4 Å². The number of nitrogens with one attached hydrogen (secondary N) is 1. The van der Waals surface area contributed by atoms with Gasteiger partial charge in [0.2, 0.25) is 15.8 Å². The molecule has 0 aliphatic carbocycles. The largest absolute Gasteiger partial charge is 0.490 e. The highest BCUT2D eigenvalue weighted by atomic mass is 32.2. The third-order valence-electron chi connectivity index (χ3n) is 3.71. The first kappa shape index (κ1) is 21.0. The number of nitrogens with zero attached hydrogens (tertiary/aromatic N) is 2. The molecule has 0 saturated heterocycles. The Balaban J connectivity index is 2.03. The Labute approximate surface area is 161 Å². The summed E-state index contributed by atoms with van der Waals surface area (Å²) in [5, 5.41) is 13.5. The van der Waals surface area contributed by atoms with Crippen molar-refractivity contribution in [1.29, 1.82) is 0 Å². The molecule has 0 unspecified atom stereocenters. The highest BCUT2D eigenvalue weighted by Gasteiger charge is 2.16. The Morgan fingerprint density at radius 2 is 1.96 bits per heavy atom. The molecule has 1 amide bonds. The molecule has 0 aromatic heterocycles. The van der Waals surface area contributed by atoms with Gasteiger partial charge in [0.1, 0.15) is 5.75 Å². The molecule has 2 rings (SSSR count). The van der Waals surface area contributed by atoms with Gasteiger partial charge in [0.25, 0.3) is 5.91 Å². The number of sulfonamides is 1. The summed E-state index contributed by atoms with van der Waals surface area (Å²) in [6.45, 7) is -0.354. The van der Waals surface area contributed by atoms with E-state index in [4.69, 9.17) is 9.47 Å². The zero-order valence-electron chi connectivity index (χ0n) is 15.4. The Bertz CT molecular complexity index is 992. The molecule has 11 heteroatoms. The van der Waals surface area contributed by atoms with Crippen molar-refractivity contribution in [2.45, 2.75) is 0 Å². The van der Waals surface area contributed by atoms with E-state index in [1.807, 2.05) is 0 Å². The second-order valence-corrected chi connectivity index (χ2v) is 7.72. The minimum Gasteiger partial charge on any atom is -0.490 e. The van der Waals surface area contributed by atoms with Gasteiger partial charge in [-0.3, -0.25) is 19.2 Å². The topological polar surface area (TPSA) is 128 Å². The maximum Gasteiger partial charge on any atom is 0.311 e. The fourth-order valence-corrected chi connectivity index (χ4v) is 2.71. The number of amides is 1. The van der Waals surface area contributed by atoms with E-state index in [0.29, 0.717) is 11.4 Å². The monoisotopic (exact) mass is 409 g/mol. The molecule has 0 atom stereocenters. The van der Waals surface area contributed by atoms with Gasteiger partial charge in [-0.15, -0.1) is 0 Å². The van der Waals surface area contributed by atoms with Crippen LogP contribution in [-0.2, 0) is 14.8 Å². The van der Waals surface area contributed by atoms with E-state index in [-0.39, 0.29) is 23.8 Å². The summed E-state index contributed by atoms with van der Waals surface area (Å²) in [4.78, 5) is 22.4. The van der Waals surface area contributed by atoms with E-state index in [0.717, 1.165) is 10.6 Å². The summed E-state index contributed by atoms with van der Waals surface area (Å²) in [5.74, 6) is -0.251. The molecular formula is C17H19N3O7S. The normalized spacial score (nSPS) is 10.8. The lowest BCUT2D eigenvalue weighted by Crippen LogP contribution is -2.25. The van der Waals surface area contributed by atoms with Crippen molar-refractivity contribution in [3.63, 3.8) is 0 Å². The van der Waals surface area contributed by atoms with Crippen LogP contribution in [0.25, 0.3) is 0 Å². The SMILES string of the molecule is COc1cc(OCC(=O)Nc2cccc(N(C)S(C)(=O)=O)c2)ccc1[N+](=O)[O-]. The van der Waals surface area contributed by atoms with Crippen molar-refractivity contribution in [3.8, 4) is 11.5 Å². The van der Waals surface area contributed by atoms with Crippen LogP contribution in [0.5, 0.6) is 11.5 Å². The zero-order chi connectivity index (χ0) is 20.9. The van der Waals surface area contributed by atoms with E-state index in [9.17, 15) is 23.3 Å². The number of hydrogen-bond acceptors (Lipinski definition) is 7. The highest BCUT2D eigenvalue weighted by molar-refractivity contribution is 7.92. The molecule has 28 heavy (non-hydrogen) atoms. The molecule has 0 heterocycles. The van der Waals surface area contributed by atoms with Gasteiger partial charge in [-0.1, -0.05) is 6.07 Å². The molecule has 0 saturated carbocycles. The smallest absolute Gasteiger partial charge is 0.311 e. The number of carbonyl (C=O) groups excluding carboxylic acids is 1. The summed E-state index contributed by atoms with van der Waals surface area (Å²) < 4.78 is 34.6. The second-order valence-electron chi connectivity index (χ2n) is 5.71. The van der Waals surface area contributed by atoms with Crippen LogP contribution in [0.15, 0.2) is 42.5 Å². The van der Waals surface area contributed by atoms with Crippen LogP contribution >= 0.6 is 0 Å². The first-order valence-electron chi connectivity index (χ1n) is 7.91. The van der Waals surface area contributed by atoms with E-state index >= 15 is 0 Å². The predicted octanol–water partition coefficient (Wildman–Crippen LogP) is 2.02. The van der Waals surface area contributed by atoms with Crippen LogP contribution in [0.4, 0.5) is 17.1 Å². The summed E-state index contributed by atoms with van der Waals surface area (Å²) in [6, 6.07) is 10.2. The predicted molar refractivity (Wildman–Crippen MR) is 103 cm³/mol. The summed E-state index contributed by atoms with van der Waals surface area (Å²) in [7, 11) is -0.732. The number of nitro groups is 1. The van der Waals surface area contributed by atoms with Crippen LogP contribution in [-0.4, -0.2) is 46.3 Å². The summed E-state index contributed by atoms with van der Waals surface area (Å²) >= 11 is 0. The van der Waals surface area contributed by atoms with Gasteiger partial charge >= 0.3 is 5.69 Å². The van der Waals surface area contributed by atoms with Crippen molar-refractivity contribution >= 4 is 33.0 Å². The second kappa shape index (κ2) is 8.57.